The highest BCUT2D eigenvalue weighted by Gasteiger charge is 2.52. The smallest absolute Gasteiger partial charge is 0.406 e. The molecule has 48 heavy (non-hydrogen) atoms. The van der Waals surface area contributed by atoms with Gasteiger partial charge in [-0.3, -0.25) is 14.5 Å². The first-order valence-corrected chi connectivity index (χ1v) is 15.9. The van der Waals surface area contributed by atoms with Crippen molar-refractivity contribution in [3.8, 4) is 17.6 Å². The summed E-state index contributed by atoms with van der Waals surface area (Å²) >= 11 is 0. The number of nitrogens with one attached hydrogen (secondary N) is 3. The van der Waals surface area contributed by atoms with Crippen LogP contribution in [0, 0.1) is 29.0 Å². The third-order valence-corrected chi connectivity index (χ3v) is 9.60. The summed E-state index contributed by atoms with van der Waals surface area (Å²) in [5.74, 6) is 4.35. The van der Waals surface area contributed by atoms with E-state index in [1.807, 2.05) is 0 Å². The molecule has 1 spiro atoms. The number of likely N-dealkylation sites (tertiary alicyclic amines) is 1. The number of rotatable bonds is 8. The summed E-state index contributed by atoms with van der Waals surface area (Å²) in [6, 6.07) is 5.82. The lowest BCUT2D eigenvalue weighted by Crippen LogP contribution is -2.62. The van der Waals surface area contributed by atoms with Crippen molar-refractivity contribution < 1.29 is 36.6 Å². The van der Waals surface area contributed by atoms with Crippen molar-refractivity contribution in [3.63, 3.8) is 0 Å². The number of carbonyl (C=O) groups excluding carboxylic acids is 2. The van der Waals surface area contributed by atoms with Gasteiger partial charge >= 0.3 is 6.18 Å². The Balaban J connectivity index is 1.19. The Morgan fingerprint density at radius 3 is 2.56 bits per heavy atom. The van der Waals surface area contributed by atoms with E-state index < -0.39 is 30.4 Å². The van der Waals surface area contributed by atoms with Gasteiger partial charge in [0.25, 0.3) is 11.8 Å². The zero-order chi connectivity index (χ0) is 34.2. The van der Waals surface area contributed by atoms with Crippen LogP contribution in [0.1, 0.15) is 52.5 Å². The first-order chi connectivity index (χ1) is 22.9. The molecule has 0 bridgehead atoms. The minimum absolute atomic E-state index is 0.0157. The molecule has 256 valence electrons. The van der Waals surface area contributed by atoms with E-state index in [1.54, 1.807) is 0 Å². The van der Waals surface area contributed by atoms with E-state index in [0.29, 0.717) is 22.7 Å². The van der Waals surface area contributed by atoms with E-state index in [-0.39, 0.29) is 46.4 Å². The number of methoxy groups -OCH3 is 1. The molecule has 0 radical (unpaired) electrons. The molecule has 1 saturated carbocycles. The van der Waals surface area contributed by atoms with Gasteiger partial charge in [-0.05, 0) is 43.4 Å². The van der Waals surface area contributed by atoms with E-state index in [0.717, 1.165) is 62.5 Å². The second-order valence-electron chi connectivity index (χ2n) is 13.0. The summed E-state index contributed by atoms with van der Waals surface area (Å²) < 4.78 is 66.2. The van der Waals surface area contributed by atoms with Crippen molar-refractivity contribution in [1.29, 1.82) is 0 Å². The monoisotopic (exact) mass is 670 g/mol. The van der Waals surface area contributed by atoms with Crippen LogP contribution in [-0.4, -0.2) is 91.5 Å². The van der Waals surface area contributed by atoms with Gasteiger partial charge in [-0.2, -0.15) is 13.2 Å². The van der Waals surface area contributed by atoms with Gasteiger partial charge in [-0.15, -0.1) is 0 Å². The number of hydrogen-bond acceptors (Lipinski definition) is 7. The van der Waals surface area contributed by atoms with E-state index in [2.05, 4.69) is 44.6 Å². The molecule has 1 aliphatic carbocycles. The van der Waals surface area contributed by atoms with Crippen molar-refractivity contribution in [2.45, 2.75) is 51.0 Å². The number of hydrogen-bond donors (Lipinski definition) is 3. The highest BCUT2D eigenvalue weighted by molar-refractivity contribution is 6.05. The van der Waals surface area contributed by atoms with Gasteiger partial charge in [0.15, 0.2) is 0 Å². The van der Waals surface area contributed by atoms with E-state index in [4.69, 9.17) is 9.47 Å². The number of halogens is 4. The number of nitrogens with zero attached hydrogens (tertiary/aromatic N) is 3. The van der Waals surface area contributed by atoms with Crippen LogP contribution in [-0.2, 0) is 11.3 Å². The summed E-state index contributed by atoms with van der Waals surface area (Å²) in [4.78, 5) is 32.5. The van der Waals surface area contributed by atoms with Crippen molar-refractivity contribution in [3.05, 3.63) is 53.1 Å². The fraction of sp³-hybridized carbons (Fsp3) is 0.500. The predicted molar refractivity (Wildman–Crippen MR) is 170 cm³/mol. The standard InChI is InChI=1S/C34H38F4N6O4/c1-20-15-43(22-13-33(14-22)17-48-18-33)8-6-26(20)42-32(46)24-9-21(10-28-30(24)41-19-44(28)16-34(36,37)38)5-4-7-40-27-11-23(31(45)39-2)25(35)12-29(27)47-3/h9-12,19-20,22,26,40H,6-8,13-18H2,1-3H3,(H,39,45)(H,42,46)/t20-,26-/m0/s1. The lowest BCUT2D eigenvalue weighted by molar-refractivity contribution is -0.187. The molecule has 0 unspecified atom stereocenters. The Kier molecular flexibility index (Phi) is 9.28. The Morgan fingerprint density at radius 2 is 1.92 bits per heavy atom. The van der Waals surface area contributed by atoms with Crippen LogP contribution < -0.4 is 20.7 Å². The third kappa shape index (κ3) is 6.93. The van der Waals surface area contributed by atoms with Crippen LogP contribution in [0.2, 0.25) is 0 Å². The molecule has 2 amide bonds. The summed E-state index contributed by atoms with van der Waals surface area (Å²) in [5.41, 5.74) is 1.25. The van der Waals surface area contributed by atoms with Crippen LogP contribution in [0.5, 0.6) is 5.75 Å². The number of amides is 2. The maximum absolute atomic E-state index is 14.4. The second kappa shape index (κ2) is 13.3. The summed E-state index contributed by atoms with van der Waals surface area (Å²) in [6.45, 7) is 4.25. The van der Waals surface area contributed by atoms with Gasteiger partial charge < -0.3 is 30.0 Å². The molecule has 3 aromatic rings. The van der Waals surface area contributed by atoms with Crippen molar-refractivity contribution in [2.75, 3.05) is 52.3 Å². The van der Waals surface area contributed by atoms with Gasteiger partial charge in [0, 0.05) is 49.3 Å². The highest BCUT2D eigenvalue weighted by Crippen LogP contribution is 2.49. The number of benzene rings is 2. The maximum atomic E-state index is 14.4. The predicted octanol–water partition coefficient (Wildman–Crippen LogP) is 4.19. The Labute approximate surface area is 275 Å². The van der Waals surface area contributed by atoms with Crippen molar-refractivity contribution in [2.24, 2.45) is 11.3 Å². The lowest BCUT2D eigenvalue weighted by atomic mass is 9.63. The van der Waals surface area contributed by atoms with Gasteiger partial charge in [0.05, 0.1) is 55.5 Å². The summed E-state index contributed by atoms with van der Waals surface area (Å²) in [5, 5.41) is 8.48. The highest BCUT2D eigenvalue weighted by atomic mass is 19.4. The molecule has 3 heterocycles. The van der Waals surface area contributed by atoms with Gasteiger partial charge in [0.1, 0.15) is 23.6 Å². The Morgan fingerprint density at radius 1 is 1.15 bits per heavy atom. The van der Waals surface area contributed by atoms with Crippen molar-refractivity contribution in [1.82, 2.24) is 25.1 Å². The fourth-order valence-electron chi connectivity index (χ4n) is 6.98. The first-order valence-electron chi connectivity index (χ1n) is 15.9. The number of imidazole rings is 1. The number of anilines is 1. The first kappa shape index (κ1) is 33.5. The zero-order valence-electron chi connectivity index (χ0n) is 27.0. The SMILES string of the molecule is CNC(=O)c1cc(NCC#Cc2cc(C(=O)N[C@H]3CCN(C4CC5(COC5)C4)C[C@@H]3C)c3ncn(CC(F)(F)F)c3c2)c(OC)cc1F. The minimum atomic E-state index is -4.50. The quantitative estimate of drug-likeness (QED) is 0.244. The number of alkyl halides is 3. The van der Waals surface area contributed by atoms with Crippen LogP contribution in [0.25, 0.3) is 11.0 Å². The third-order valence-electron chi connectivity index (χ3n) is 9.60. The number of ether oxygens (including phenoxy) is 2. The normalized spacial score (nSPS) is 20.7. The largest absolute Gasteiger partial charge is 0.494 e. The molecule has 3 N–H and O–H groups in total. The molecule has 14 heteroatoms. The molecule has 10 nitrogen and oxygen atoms in total. The fourth-order valence-corrected chi connectivity index (χ4v) is 6.98. The Hall–Kier alpha value is -4.35. The van der Waals surface area contributed by atoms with Gasteiger partial charge in [-0.25, -0.2) is 9.37 Å². The topological polar surface area (TPSA) is 110 Å². The van der Waals surface area contributed by atoms with Crippen LogP contribution >= 0.6 is 0 Å². The summed E-state index contributed by atoms with van der Waals surface area (Å²) in [6.07, 6.45) is -0.366. The van der Waals surface area contributed by atoms with Gasteiger partial charge in [-0.1, -0.05) is 18.8 Å². The maximum Gasteiger partial charge on any atom is 0.406 e. The lowest BCUT2D eigenvalue weighted by Gasteiger charge is -2.57. The van der Waals surface area contributed by atoms with Crippen LogP contribution in [0.3, 0.4) is 0 Å². The number of aromatic nitrogens is 2. The second-order valence-corrected chi connectivity index (χ2v) is 13.0. The molecule has 3 aliphatic rings. The molecule has 6 rings (SSSR count). The molecule has 2 aromatic carbocycles. The average molecular weight is 671 g/mol. The Bertz CT molecular complexity index is 1770. The molecule has 2 aliphatic heterocycles. The molecule has 2 atom stereocenters. The molecule has 3 fully saturated rings. The number of piperidine rings is 1. The van der Waals surface area contributed by atoms with E-state index in [9.17, 15) is 27.2 Å². The molecular formula is C34H38F4N6O4. The van der Waals surface area contributed by atoms with Crippen LogP contribution in [0.15, 0.2) is 30.6 Å². The number of fused-ring (bicyclic) bond motifs is 1. The van der Waals surface area contributed by atoms with Crippen LogP contribution in [0.4, 0.5) is 23.2 Å². The molecular weight excluding hydrogens is 632 g/mol. The van der Waals surface area contributed by atoms with Crippen molar-refractivity contribution >= 4 is 28.5 Å². The van der Waals surface area contributed by atoms with E-state index in [1.165, 1.54) is 32.4 Å². The van der Waals surface area contributed by atoms with Gasteiger partial charge in [0.2, 0.25) is 0 Å². The molecule has 1 aromatic heterocycles. The van der Waals surface area contributed by atoms with E-state index >= 15 is 0 Å². The molecule has 2 saturated heterocycles. The summed E-state index contributed by atoms with van der Waals surface area (Å²) in [7, 11) is 2.74. The average Bonchev–Trinajstić information content (AvgIpc) is 3.39. The number of carbonyl (C=O) groups is 2. The zero-order valence-corrected chi connectivity index (χ0v) is 27.0. The minimum Gasteiger partial charge on any atom is -0.494 e.